The molecule has 1 heterocycles. The summed E-state index contributed by atoms with van der Waals surface area (Å²) in [7, 11) is 0. The summed E-state index contributed by atoms with van der Waals surface area (Å²) in [5, 5.41) is 3.58. The van der Waals surface area contributed by atoms with E-state index in [0.29, 0.717) is 5.92 Å². The van der Waals surface area contributed by atoms with Crippen molar-refractivity contribution in [2.45, 2.75) is 45.7 Å². The summed E-state index contributed by atoms with van der Waals surface area (Å²) in [5.74, 6) is 0.543. The van der Waals surface area contributed by atoms with E-state index in [1.165, 1.54) is 11.1 Å². The normalized spacial score (nSPS) is 18.7. The van der Waals surface area contributed by atoms with Gasteiger partial charge >= 0.3 is 0 Å². The molecule has 0 aromatic heterocycles. The van der Waals surface area contributed by atoms with Crippen molar-refractivity contribution in [3.05, 3.63) is 35.4 Å². The van der Waals surface area contributed by atoms with E-state index in [-0.39, 0.29) is 5.54 Å². The van der Waals surface area contributed by atoms with Gasteiger partial charge in [-0.05, 0) is 37.8 Å². The molecule has 21 heavy (non-hydrogen) atoms. The van der Waals surface area contributed by atoms with Crippen LogP contribution in [0.5, 0.6) is 0 Å². The Kier molecular flexibility index (Phi) is 5.80. The van der Waals surface area contributed by atoms with Gasteiger partial charge in [0.25, 0.3) is 0 Å². The molecule has 1 aliphatic rings. The standard InChI is InChI=1S/C18H30N2O/c1-15(13-19-18(2,3)4)17-7-5-16(6-8-17)14-20-9-11-21-12-10-20/h5-8,15,19H,9-14H2,1-4H3. The molecule has 3 nitrogen and oxygen atoms in total. The Balaban J connectivity index is 1.85. The molecule has 1 saturated heterocycles. The summed E-state index contributed by atoms with van der Waals surface area (Å²) >= 11 is 0. The number of nitrogens with one attached hydrogen (secondary N) is 1. The van der Waals surface area contributed by atoms with E-state index in [1.54, 1.807) is 0 Å². The number of hydrogen-bond donors (Lipinski definition) is 1. The number of rotatable bonds is 5. The Labute approximate surface area is 129 Å². The summed E-state index contributed by atoms with van der Waals surface area (Å²) in [6.07, 6.45) is 0. The molecule has 118 valence electrons. The fourth-order valence-corrected chi connectivity index (χ4v) is 2.55. The van der Waals surface area contributed by atoms with Crippen LogP contribution in [-0.2, 0) is 11.3 Å². The maximum absolute atomic E-state index is 5.39. The van der Waals surface area contributed by atoms with Gasteiger partial charge in [-0.3, -0.25) is 4.90 Å². The van der Waals surface area contributed by atoms with Crippen molar-refractivity contribution in [1.82, 2.24) is 10.2 Å². The van der Waals surface area contributed by atoms with Crippen LogP contribution < -0.4 is 5.32 Å². The van der Waals surface area contributed by atoms with Crippen molar-refractivity contribution in [3.8, 4) is 0 Å². The zero-order valence-electron chi connectivity index (χ0n) is 14.0. The van der Waals surface area contributed by atoms with Gasteiger partial charge in [0.15, 0.2) is 0 Å². The highest BCUT2D eigenvalue weighted by Crippen LogP contribution is 2.17. The number of morpholine rings is 1. The SMILES string of the molecule is CC(CNC(C)(C)C)c1ccc(CN2CCOCC2)cc1. The topological polar surface area (TPSA) is 24.5 Å². The first-order valence-electron chi connectivity index (χ1n) is 8.08. The van der Waals surface area contributed by atoms with Gasteiger partial charge in [-0.15, -0.1) is 0 Å². The van der Waals surface area contributed by atoms with Gasteiger partial charge in [-0.25, -0.2) is 0 Å². The molecule has 1 unspecified atom stereocenters. The largest absolute Gasteiger partial charge is 0.379 e. The van der Waals surface area contributed by atoms with Crippen molar-refractivity contribution >= 4 is 0 Å². The second-order valence-corrected chi connectivity index (χ2v) is 7.16. The molecule has 0 bridgehead atoms. The van der Waals surface area contributed by atoms with Crippen LogP contribution in [0.25, 0.3) is 0 Å². The lowest BCUT2D eigenvalue weighted by molar-refractivity contribution is 0.0342. The third-order valence-electron chi connectivity index (χ3n) is 4.00. The predicted molar refractivity (Wildman–Crippen MR) is 88.7 cm³/mol. The van der Waals surface area contributed by atoms with E-state index >= 15 is 0 Å². The van der Waals surface area contributed by atoms with Crippen LogP contribution in [0.3, 0.4) is 0 Å². The smallest absolute Gasteiger partial charge is 0.0594 e. The molecule has 1 aromatic carbocycles. The summed E-state index contributed by atoms with van der Waals surface area (Å²) in [6, 6.07) is 9.12. The van der Waals surface area contributed by atoms with Crippen molar-refractivity contribution in [3.63, 3.8) is 0 Å². The first-order chi connectivity index (χ1) is 9.94. The predicted octanol–water partition coefficient (Wildman–Crippen LogP) is 3.01. The quantitative estimate of drug-likeness (QED) is 0.902. The number of nitrogens with zero attached hydrogens (tertiary/aromatic N) is 1. The van der Waals surface area contributed by atoms with Crippen LogP contribution in [0.2, 0.25) is 0 Å². The molecule has 0 saturated carbocycles. The molecule has 0 radical (unpaired) electrons. The van der Waals surface area contributed by atoms with Crippen LogP contribution in [0.1, 0.15) is 44.7 Å². The molecule has 0 spiro atoms. The Morgan fingerprint density at radius 2 is 1.76 bits per heavy atom. The van der Waals surface area contributed by atoms with Gasteiger partial charge in [0.05, 0.1) is 13.2 Å². The van der Waals surface area contributed by atoms with Gasteiger partial charge in [-0.1, -0.05) is 31.2 Å². The summed E-state index contributed by atoms with van der Waals surface area (Å²) < 4.78 is 5.39. The fourth-order valence-electron chi connectivity index (χ4n) is 2.55. The van der Waals surface area contributed by atoms with Crippen LogP contribution in [0.4, 0.5) is 0 Å². The summed E-state index contributed by atoms with van der Waals surface area (Å²) in [4.78, 5) is 2.46. The summed E-state index contributed by atoms with van der Waals surface area (Å²) in [6.45, 7) is 14.8. The average Bonchev–Trinajstić information content (AvgIpc) is 2.46. The van der Waals surface area contributed by atoms with Gasteiger partial charge in [0, 0.05) is 31.7 Å². The Morgan fingerprint density at radius 1 is 1.14 bits per heavy atom. The first kappa shape index (κ1) is 16.5. The Morgan fingerprint density at radius 3 is 2.33 bits per heavy atom. The van der Waals surface area contributed by atoms with Crippen molar-refractivity contribution in [1.29, 1.82) is 0 Å². The Bertz CT molecular complexity index is 416. The minimum absolute atomic E-state index is 0.185. The molecule has 0 amide bonds. The van der Waals surface area contributed by atoms with Gasteiger partial charge in [0.1, 0.15) is 0 Å². The monoisotopic (exact) mass is 290 g/mol. The molecular weight excluding hydrogens is 260 g/mol. The highest BCUT2D eigenvalue weighted by molar-refractivity contribution is 5.25. The van der Waals surface area contributed by atoms with E-state index in [0.717, 1.165) is 39.4 Å². The maximum Gasteiger partial charge on any atom is 0.0594 e. The minimum atomic E-state index is 0.185. The van der Waals surface area contributed by atoms with Crippen molar-refractivity contribution in [2.75, 3.05) is 32.8 Å². The van der Waals surface area contributed by atoms with E-state index in [2.05, 4.69) is 62.2 Å². The zero-order chi connectivity index (χ0) is 15.3. The van der Waals surface area contributed by atoms with Gasteiger partial charge in [0.2, 0.25) is 0 Å². The van der Waals surface area contributed by atoms with Crippen LogP contribution in [0.15, 0.2) is 24.3 Å². The molecule has 1 atom stereocenters. The van der Waals surface area contributed by atoms with Crippen molar-refractivity contribution in [2.24, 2.45) is 0 Å². The lowest BCUT2D eigenvalue weighted by Gasteiger charge is -2.27. The zero-order valence-corrected chi connectivity index (χ0v) is 14.0. The number of benzene rings is 1. The molecule has 2 rings (SSSR count). The molecule has 1 aromatic rings. The van der Waals surface area contributed by atoms with Crippen LogP contribution in [-0.4, -0.2) is 43.3 Å². The third kappa shape index (κ3) is 5.77. The van der Waals surface area contributed by atoms with E-state index < -0.39 is 0 Å². The molecule has 1 fully saturated rings. The minimum Gasteiger partial charge on any atom is -0.379 e. The highest BCUT2D eigenvalue weighted by Gasteiger charge is 2.13. The van der Waals surface area contributed by atoms with Crippen LogP contribution in [0, 0.1) is 0 Å². The second kappa shape index (κ2) is 7.39. The maximum atomic E-state index is 5.39. The molecular formula is C18H30N2O. The van der Waals surface area contributed by atoms with E-state index in [1.807, 2.05) is 0 Å². The number of ether oxygens (including phenoxy) is 1. The molecule has 1 aliphatic heterocycles. The lowest BCUT2D eigenvalue weighted by Crippen LogP contribution is -2.38. The van der Waals surface area contributed by atoms with Gasteiger partial charge in [-0.2, -0.15) is 0 Å². The van der Waals surface area contributed by atoms with Gasteiger partial charge < -0.3 is 10.1 Å². The van der Waals surface area contributed by atoms with Crippen LogP contribution >= 0.6 is 0 Å². The Hall–Kier alpha value is -0.900. The highest BCUT2D eigenvalue weighted by atomic mass is 16.5. The number of hydrogen-bond acceptors (Lipinski definition) is 3. The fraction of sp³-hybridized carbons (Fsp3) is 0.667. The molecule has 0 aliphatic carbocycles. The second-order valence-electron chi connectivity index (χ2n) is 7.16. The average molecular weight is 290 g/mol. The van der Waals surface area contributed by atoms with Crippen molar-refractivity contribution < 1.29 is 4.74 Å². The van der Waals surface area contributed by atoms with E-state index in [4.69, 9.17) is 4.74 Å². The first-order valence-corrected chi connectivity index (χ1v) is 8.08. The lowest BCUT2D eigenvalue weighted by atomic mass is 9.98. The molecule has 3 heteroatoms. The summed E-state index contributed by atoms with van der Waals surface area (Å²) in [5.41, 5.74) is 3.00. The third-order valence-corrected chi connectivity index (χ3v) is 4.00. The van der Waals surface area contributed by atoms with E-state index in [9.17, 15) is 0 Å². The molecule has 1 N–H and O–H groups in total.